The Balaban J connectivity index is 1.39. The van der Waals surface area contributed by atoms with Gasteiger partial charge < -0.3 is 19.8 Å². The number of amides is 2. The summed E-state index contributed by atoms with van der Waals surface area (Å²) in [5.74, 6) is 0.587. The van der Waals surface area contributed by atoms with Crippen molar-refractivity contribution in [2.45, 2.75) is 24.7 Å². The highest BCUT2D eigenvalue weighted by atomic mass is 19.4. The molecule has 0 saturated carbocycles. The van der Waals surface area contributed by atoms with E-state index >= 15 is 0 Å². The summed E-state index contributed by atoms with van der Waals surface area (Å²) >= 11 is 0. The molecule has 2 aliphatic heterocycles. The second kappa shape index (κ2) is 9.78. The zero-order valence-corrected chi connectivity index (χ0v) is 19.3. The predicted molar refractivity (Wildman–Crippen MR) is 125 cm³/mol. The van der Waals surface area contributed by atoms with Crippen LogP contribution >= 0.6 is 0 Å². The van der Waals surface area contributed by atoms with Gasteiger partial charge in [-0.25, -0.2) is 24.7 Å². The van der Waals surface area contributed by atoms with Crippen molar-refractivity contribution in [3.05, 3.63) is 48.4 Å². The number of aromatic nitrogens is 4. The van der Waals surface area contributed by atoms with Crippen LogP contribution in [0.3, 0.4) is 0 Å². The molecule has 2 atom stereocenters. The van der Waals surface area contributed by atoms with Gasteiger partial charge in [-0.3, -0.25) is 10.2 Å². The van der Waals surface area contributed by atoms with E-state index in [1.54, 1.807) is 0 Å². The van der Waals surface area contributed by atoms with Crippen LogP contribution in [-0.2, 0) is 6.18 Å². The minimum atomic E-state index is -4.51. The molecule has 4 heterocycles. The van der Waals surface area contributed by atoms with Crippen LogP contribution in [0, 0.1) is 0 Å². The summed E-state index contributed by atoms with van der Waals surface area (Å²) in [5, 5.41) is 20.9. The zero-order chi connectivity index (χ0) is 26.2. The fourth-order valence-electron chi connectivity index (χ4n) is 4.21. The Morgan fingerprint density at radius 3 is 2.78 bits per heavy atom. The van der Waals surface area contributed by atoms with Crippen LogP contribution < -0.4 is 19.9 Å². The molecule has 194 valence electrons. The Hall–Kier alpha value is -4.04. The molecule has 11 nitrogen and oxygen atoms in total. The SMILES string of the molecule is O=C(Nc1cnc(OC[C@H](O)CO)cn1)N1c2nc(-c3cccc(C(F)(F)F)c3)ncc2N2CCC1C2. The average Bonchev–Trinajstić information content (AvgIpc) is 3.31. The molecule has 1 unspecified atom stereocenters. The summed E-state index contributed by atoms with van der Waals surface area (Å²) in [6.45, 7) is 0.613. The number of nitrogens with one attached hydrogen (secondary N) is 1. The Labute approximate surface area is 208 Å². The van der Waals surface area contributed by atoms with Gasteiger partial charge in [-0.15, -0.1) is 0 Å². The van der Waals surface area contributed by atoms with Gasteiger partial charge in [0.1, 0.15) is 12.7 Å². The molecule has 1 fully saturated rings. The summed E-state index contributed by atoms with van der Waals surface area (Å²) in [4.78, 5) is 33.7. The predicted octanol–water partition coefficient (Wildman–Crippen LogP) is 2.32. The van der Waals surface area contributed by atoms with Crippen molar-refractivity contribution in [2.24, 2.45) is 0 Å². The maximum absolute atomic E-state index is 13.3. The van der Waals surface area contributed by atoms with E-state index in [9.17, 15) is 23.1 Å². The lowest BCUT2D eigenvalue weighted by molar-refractivity contribution is -0.137. The molecule has 2 bridgehead atoms. The van der Waals surface area contributed by atoms with Crippen molar-refractivity contribution in [1.82, 2.24) is 19.9 Å². The molecule has 37 heavy (non-hydrogen) atoms. The number of alkyl halides is 3. The number of halogens is 3. The lowest BCUT2D eigenvalue weighted by atomic mass is 10.1. The largest absolute Gasteiger partial charge is 0.474 e. The first kappa shape index (κ1) is 24.6. The number of urea groups is 1. The highest BCUT2D eigenvalue weighted by Crippen LogP contribution is 2.40. The molecular weight excluding hydrogens is 495 g/mol. The van der Waals surface area contributed by atoms with Gasteiger partial charge in [0.2, 0.25) is 5.88 Å². The standard InChI is InChI=1S/C23H22F3N7O4/c24-23(25,26)14-3-1-2-13(6-14)20-29-7-17-21(31-20)33(15-4-5-32(17)10-15)22(36)30-18-8-28-19(9-27-18)37-12-16(35)11-34/h1-3,6-9,15-16,34-35H,4-5,10-12H2,(H,27,30,36)/t15?,16-/m1/s1. The van der Waals surface area contributed by atoms with Gasteiger partial charge in [-0.1, -0.05) is 12.1 Å². The molecule has 2 amide bonds. The number of fused-ring (bicyclic) bond motifs is 4. The van der Waals surface area contributed by atoms with Crippen LogP contribution in [0.25, 0.3) is 11.4 Å². The molecule has 0 radical (unpaired) electrons. The fraction of sp³-hybridized carbons (Fsp3) is 0.348. The number of rotatable bonds is 6. The van der Waals surface area contributed by atoms with Crippen LogP contribution in [0.1, 0.15) is 12.0 Å². The van der Waals surface area contributed by atoms with E-state index < -0.39 is 30.5 Å². The summed E-state index contributed by atoms with van der Waals surface area (Å²) in [6.07, 6.45) is -0.843. The minimum absolute atomic E-state index is 0.0662. The van der Waals surface area contributed by atoms with Crippen molar-refractivity contribution in [3.8, 4) is 17.3 Å². The van der Waals surface area contributed by atoms with Crippen LogP contribution in [0.15, 0.2) is 42.9 Å². The van der Waals surface area contributed by atoms with E-state index in [1.807, 2.05) is 4.90 Å². The van der Waals surface area contributed by atoms with Crippen molar-refractivity contribution in [2.75, 3.05) is 41.4 Å². The third kappa shape index (κ3) is 5.11. The molecule has 1 saturated heterocycles. The van der Waals surface area contributed by atoms with Crippen molar-refractivity contribution < 1.29 is 32.9 Å². The average molecular weight is 517 g/mol. The smallest absolute Gasteiger partial charge is 0.416 e. The number of anilines is 3. The van der Waals surface area contributed by atoms with Crippen LogP contribution in [0.5, 0.6) is 5.88 Å². The first-order chi connectivity index (χ1) is 17.7. The molecule has 0 aliphatic carbocycles. The zero-order valence-electron chi connectivity index (χ0n) is 19.3. The van der Waals surface area contributed by atoms with Crippen LogP contribution in [0.2, 0.25) is 0 Å². The van der Waals surface area contributed by atoms with E-state index in [4.69, 9.17) is 9.84 Å². The van der Waals surface area contributed by atoms with Crippen molar-refractivity contribution in [3.63, 3.8) is 0 Å². The number of aliphatic hydroxyl groups is 2. The summed E-state index contributed by atoms with van der Waals surface area (Å²) in [7, 11) is 0. The monoisotopic (exact) mass is 517 g/mol. The number of carbonyl (C=O) groups excluding carboxylic acids is 1. The summed E-state index contributed by atoms with van der Waals surface area (Å²) < 4.78 is 44.8. The van der Waals surface area contributed by atoms with Gasteiger partial charge in [-0.2, -0.15) is 13.2 Å². The third-order valence-electron chi connectivity index (χ3n) is 6.01. The topological polar surface area (TPSA) is 137 Å². The van der Waals surface area contributed by atoms with Gasteiger partial charge in [0, 0.05) is 18.7 Å². The summed E-state index contributed by atoms with van der Waals surface area (Å²) in [6, 6.07) is 3.99. The maximum atomic E-state index is 13.3. The number of benzene rings is 1. The molecular formula is C23H22F3N7O4. The van der Waals surface area contributed by atoms with Gasteiger partial charge in [-0.05, 0) is 18.6 Å². The lowest BCUT2D eigenvalue weighted by Crippen LogP contribution is -2.48. The molecule has 2 aliphatic rings. The second-order valence-corrected chi connectivity index (χ2v) is 8.56. The van der Waals surface area contributed by atoms with Gasteiger partial charge in [0.15, 0.2) is 17.5 Å². The lowest BCUT2D eigenvalue weighted by Gasteiger charge is -2.35. The molecule has 5 rings (SSSR count). The molecule has 14 heteroatoms. The quantitative estimate of drug-likeness (QED) is 0.450. The van der Waals surface area contributed by atoms with E-state index in [0.717, 1.165) is 12.1 Å². The molecule has 2 aromatic heterocycles. The molecule has 1 aromatic carbocycles. The van der Waals surface area contributed by atoms with E-state index in [2.05, 4.69) is 25.3 Å². The van der Waals surface area contributed by atoms with Gasteiger partial charge in [0.05, 0.1) is 42.5 Å². The first-order valence-corrected chi connectivity index (χ1v) is 11.4. The number of nitrogens with zero attached hydrogens (tertiary/aromatic N) is 6. The fourth-order valence-corrected chi connectivity index (χ4v) is 4.21. The maximum Gasteiger partial charge on any atom is 0.416 e. The first-order valence-electron chi connectivity index (χ1n) is 11.4. The Bertz CT molecular complexity index is 1290. The van der Waals surface area contributed by atoms with Crippen LogP contribution in [-0.4, -0.2) is 74.6 Å². The van der Waals surface area contributed by atoms with E-state index in [1.165, 1.54) is 35.6 Å². The normalized spacial score (nSPS) is 17.4. The highest BCUT2D eigenvalue weighted by molar-refractivity contribution is 6.04. The number of carbonyl (C=O) groups is 1. The number of aliphatic hydroxyl groups excluding tert-OH is 2. The molecule has 3 N–H and O–H groups in total. The molecule has 3 aromatic rings. The highest BCUT2D eigenvalue weighted by Gasteiger charge is 2.41. The number of hydrogen-bond donors (Lipinski definition) is 3. The van der Waals surface area contributed by atoms with E-state index in [0.29, 0.717) is 31.0 Å². The Morgan fingerprint density at radius 2 is 2.05 bits per heavy atom. The van der Waals surface area contributed by atoms with Gasteiger partial charge in [0.25, 0.3) is 0 Å². The minimum Gasteiger partial charge on any atom is -0.474 e. The van der Waals surface area contributed by atoms with Crippen molar-refractivity contribution in [1.29, 1.82) is 0 Å². The molecule has 0 spiro atoms. The van der Waals surface area contributed by atoms with Crippen molar-refractivity contribution >= 4 is 23.4 Å². The number of hydrogen-bond acceptors (Lipinski definition) is 9. The number of ether oxygens (including phenoxy) is 1. The second-order valence-electron chi connectivity index (χ2n) is 8.56. The Kier molecular flexibility index (Phi) is 6.52. The summed E-state index contributed by atoms with van der Waals surface area (Å²) in [5.41, 5.74) is -0.0304. The Morgan fingerprint density at radius 1 is 1.22 bits per heavy atom. The van der Waals surface area contributed by atoms with Gasteiger partial charge >= 0.3 is 12.2 Å². The van der Waals surface area contributed by atoms with Crippen LogP contribution in [0.4, 0.5) is 35.3 Å². The third-order valence-corrected chi connectivity index (χ3v) is 6.01. The van der Waals surface area contributed by atoms with E-state index in [-0.39, 0.29) is 35.7 Å².